The molecule has 6 aromatic heterocycles. The van der Waals surface area contributed by atoms with Crippen molar-refractivity contribution in [1.82, 2.24) is 13.7 Å². The van der Waals surface area contributed by atoms with Crippen molar-refractivity contribution in [2.45, 2.75) is 29.4 Å². The van der Waals surface area contributed by atoms with Crippen molar-refractivity contribution in [3.63, 3.8) is 0 Å². The Kier molecular flexibility index (Phi) is 20.3. The minimum atomic E-state index is -0.816. The Bertz CT molecular complexity index is 6070. The molecule has 0 unspecified atom stereocenters. The molecule has 0 saturated heterocycles. The number of pyridine rings is 3. The number of aromatic hydroxyl groups is 4. The molecule has 0 atom stereocenters. The predicted octanol–water partition coefficient (Wildman–Crippen LogP) is 17.0. The first-order valence-corrected chi connectivity index (χ1v) is 34.4. The van der Waals surface area contributed by atoms with Gasteiger partial charge in [0.2, 0.25) is 0 Å². The van der Waals surface area contributed by atoms with Crippen LogP contribution in [0.25, 0.3) is 83.7 Å². The second kappa shape index (κ2) is 30.3. The summed E-state index contributed by atoms with van der Waals surface area (Å²) < 4.78 is 45.8. The monoisotopic (exact) mass is 1490 g/mol. The van der Waals surface area contributed by atoms with Crippen molar-refractivity contribution in [2.24, 2.45) is 0 Å². The Morgan fingerprint density at radius 3 is 1.03 bits per heavy atom. The normalized spacial score (nSPS) is 11.0. The Labute approximate surface area is 603 Å². The number of nitrogens with zero attached hydrogens (tertiary/aromatic N) is 3. The molecule has 15 aromatic rings. The first-order chi connectivity index (χ1) is 50.0. The summed E-state index contributed by atoms with van der Waals surface area (Å²) in [6.45, 7) is 0. The lowest BCUT2D eigenvalue weighted by Crippen LogP contribution is -2.21. The van der Waals surface area contributed by atoms with Gasteiger partial charge in [-0.25, -0.2) is 18.8 Å². The number of phenolic OH excluding ortho intramolecular Hbond substituents is 1. The fraction of sp³-hybridized carbons (Fsp3) is 0.0250. The zero-order chi connectivity index (χ0) is 72.0. The number of fused-ring (bicyclic) bond motifs is 3. The van der Waals surface area contributed by atoms with E-state index < -0.39 is 56.6 Å². The first-order valence-electron chi connectivity index (χ1n) is 31.2. The number of aromatic nitrogens is 3. The van der Waals surface area contributed by atoms with E-state index in [1.807, 2.05) is 97.1 Å². The molecule has 0 saturated carbocycles. The summed E-state index contributed by atoms with van der Waals surface area (Å²) in [5, 5.41) is 43.0. The van der Waals surface area contributed by atoms with Gasteiger partial charge in [0.1, 0.15) is 70.7 Å². The number of rotatable bonds is 14. The largest absolute Gasteiger partial charge is 0.507 e. The molecule has 23 heteroatoms. The second-order valence-corrected chi connectivity index (χ2v) is 26.6. The van der Waals surface area contributed by atoms with E-state index in [1.54, 1.807) is 142 Å². The maximum atomic E-state index is 13.9. The van der Waals surface area contributed by atoms with E-state index in [0.717, 1.165) is 50.9 Å². The molecule has 9 aromatic carbocycles. The van der Waals surface area contributed by atoms with Gasteiger partial charge in [0.25, 0.3) is 16.7 Å². The number of halogens is 2. The van der Waals surface area contributed by atoms with Gasteiger partial charge in [-0.3, -0.25) is 28.1 Å². The molecule has 0 amide bonds. The number of methoxy groups -OCH3 is 2. The molecule has 6 heterocycles. The van der Waals surface area contributed by atoms with Gasteiger partial charge in [-0.1, -0.05) is 173 Å². The van der Waals surface area contributed by atoms with Crippen molar-refractivity contribution in [3.8, 4) is 85.3 Å². The van der Waals surface area contributed by atoms with Gasteiger partial charge >= 0.3 is 16.9 Å². The number of hydrogen-bond donors (Lipinski definition) is 4. The molecular formula is C80H53BrFN3O15S3. The van der Waals surface area contributed by atoms with E-state index in [-0.39, 0.29) is 53.3 Å². The van der Waals surface area contributed by atoms with E-state index >= 15 is 0 Å². The van der Waals surface area contributed by atoms with Crippen LogP contribution in [0, 0.1) is 5.82 Å². The van der Waals surface area contributed by atoms with Gasteiger partial charge in [-0.05, 0) is 138 Å². The molecule has 18 nitrogen and oxygen atoms in total. The summed E-state index contributed by atoms with van der Waals surface area (Å²) >= 11 is 6.26. The SMILES string of the molecule is COc1ccc(-n2c(-c3ccccc3)cc3oc(=O)c(Sc4ccc(Br)cc4)c(O)c3c2=O)cc1.COc1ccc(-n2c(-c3ccccc3)cc3oc(=O)c(Sc4ccccc4O)c(O)c3c2=O)cc1.O=c1oc2cc(-c3ccccc3)n(-c3ccc(F)cc3)c(=O)c2c(O)c1Sc1ccccc1. The Morgan fingerprint density at radius 2 is 0.680 bits per heavy atom. The highest BCUT2D eigenvalue weighted by Crippen LogP contribution is 2.42. The molecule has 0 aliphatic rings. The molecular weight excluding hydrogens is 1440 g/mol. The predicted molar refractivity (Wildman–Crippen MR) is 400 cm³/mol. The first kappa shape index (κ1) is 69.2. The van der Waals surface area contributed by atoms with E-state index in [2.05, 4.69) is 15.9 Å². The minimum Gasteiger partial charge on any atom is -0.507 e. The molecule has 0 aliphatic heterocycles. The summed E-state index contributed by atoms with van der Waals surface area (Å²) in [5.41, 5.74) is 1.12. The summed E-state index contributed by atoms with van der Waals surface area (Å²) in [7, 11) is 3.12. The third kappa shape index (κ3) is 14.4. The summed E-state index contributed by atoms with van der Waals surface area (Å²) in [4.78, 5) is 81.2. The summed E-state index contributed by atoms with van der Waals surface area (Å²) in [5.74, 6) is -0.594. The lowest BCUT2D eigenvalue weighted by Gasteiger charge is -2.16. The highest BCUT2D eigenvalue weighted by molar-refractivity contribution is 9.10. The van der Waals surface area contributed by atoms with Crippen LogP contribution in [0.1, 0.15) is 0 Å². The zero-order valence-electron chi connectivity index (χ0n) is 53.9. The lowest BCUT2D eigenvalue weighted by atomic mass is 10.1. The van der Waals surface area contributed by atoms with E-state index in [9.17, 15) is 53.6 Å². The number of hydrogen-bond acceptors (Lipinski definition) is 18. The standard InChI is InChI=1S/C27H18BrNO5S.C27H19NO6S.C26H16FNO4S/c1-33-19-11-9-18(10-12-19)29-21(16-5-3-2-4-6-16)15-22-23(26(29)31)24(30)25(27(32)34-22)35-20-13-7-17(28)8-14-20;1-33-18-13-11-17(12-14-18)28-19(16-7-3-2-4-8-16)15-21-23(26(28)31)24(30)25(27(32)34-21)35-22-10-6-5-9-20(22)29;27-17-11-13-18(14-12-17)28-20(16-7-3-1-4-8-16)15-21-22(25(28)30)23(29)24(26(31)32-21)33-19-9-5-2-6-10-19/h2-15,30H,1H3;2-15,29-30H,1H3;1-15,29H. The molecule has 0 fully saturated rings. The van der Waals surface area contributed by atoms with Crippen LogP contribution in [0.5, 0.6) is 34.5 Å². The van der Waals surface area contributed by atoms with Crippen molar-refractivity contribution in [1.29, 1.82) is 0 Å². The maximum absolute atomic E-state index is 13.9. The average molecular weight is 1490 g/mol. The highest BCUT2D eigenvalue weighted by Gasteiger charge is 2.27. The third-order valence-corrected chi connectivity index (χ3v) is 19.9. The van der Waals surface area contributed by atoms with Gasteiger partial charge in [0.15, 0.2) is 17.2 Å². The average Bonchev–Trinajstić information content (AvgIpc) is 0.757. The van der Waals surface area contributed by atoms with E-state index in [0.29, 0.717) is 65.9 Å². The van der Waals surface area contributed by atoms with Crippen LogP contribution in [0.4, 0.5) is 4.39 Å². The summed E-state index contributed by atoms with van der Waals surface area (Å²) in [6.07, 6.45) is 0. The van der Waals surface area contributed by atoms with Crippen LogP contribution in [-0.2, 0) is 0 Å². The second-order valence-electron chi connectivity index (χ2n) is 22.4. The van der Waals surface area contributed by atoms with Crippen LogP contribution in [-0.4, -0.2) is 48.3 Å². The van der Waals surface area contributed by atoms with Gasteiger partial charge in [-0.2, -0.15) is 0 Å². The lowest BCUT2D eigenvalue weighted by molar-refractivity contribution is 0.414. The van der Waals surface area contributed by atoms with Crippen LogP contribution >= 0.6 is 51.2 Å². The van der Waals surface area contributed by atoms with Crippen molar-refractivity contribution in [2.75, 3.05) is 14.2 Å². The quantitative estimate of drug-likeness (QED) is 0.0789. The van der Waals surface area contributed by atoms with Gasteiger partial charge in [-0.15, -0.1) is 0 Å². The molecule has 15 rings (SSSR count). The Balaban J connectivity index is 0.000000138. The fourth-order valence-electron chi connectivity index (χ4n) is 11.2. The van der Waals surface area contributed by atoms with Crippen LogP contribution in [0.2, 0.25) is 0 Å². The van der Waals surface area contributed by atoms with Gasteiger partial charge in [0, 0.05) is 49.5 Å². The zero-order valence-corrected chi connectivity index (χ0v) is 58.0. The third-order valence-electron chi connectivity index (χ3n) is 16.1. The smallest absolute Gasteiger partial charge is 0.354 e. The Hall–Kier alpha value is -12.3. The van der Waals surface area contributed by atoms with Crippen molar-refractivity contribution >= 4 is 84.1 Å². The van der Waals surface area contributed by atoms with Crippen LogP contribution in [0.15, 0.2) is 337 Å². The molecule has 0 bridgehead atoms. The van der Waals surface area contributed by atoms with Crippen molar-refractivity contribution < 1.29 is 47.5 Å². The topological polar surface area (TPSA) is 256 Å². The minimum absolute atomic E-state index is 0.0151. The van der Waals surface area contributed by atoms with Crippen LogP contribution < -0.4 is 43.0 Å². The van der Waals surface area contributed by atoms with Gasteiger partial charge < -0.3 is 43.2 Å². The Morgan fingerprint density at radius 1 is 0.369 bits per heavy atom. The fourth-order valence-corrected chi connectivity index (χ4v) is 14.0. The van der Waals surface area contributed by atoms with Gasteiger partial charge in [0.05, 0.1) is 36.2 Å². The molecule has 0 radical (unpaired) electrons. The molecule has 0 aliphatic carbocycles. The van der Waals surface area contributed by atoms with Crippen molar-refractivity contribution in [3.05, 3.63) is 333 Å². The molecule has 4 N–H and O–H groups in total. The number of benzene rings is 9. The number of ether oxygens (including phenoxy) is 2. The van der Waals surface area contributed by atoms with E-state index in [4.69, 9.17) is 22.7 Å². The highest BCUT2D eigenvalue weighted by atomic mass is 79.9. The summed E-state index contributed by atoms with van der Waals surface area (Å²) in [6, 6.07) is 74.3. The maximum Gasteiger partial charge on any atom is 0.354 e. The van der Waals surface area contributed by atoms with E-state index in [1.165, 1.54) is 50.1 Å². The molecule has 510 valence electrons. The number of phenols is 1. The number of para-hydroxylation sites is 1. The molecule has 103 heavy (non-hydrogen) atoms. The van der Waals surface area contributed by atoms with Crippen LogP contribution in [0.3, 0.4) is 0 Å². The molecule has 0 spiro atoms.